The van der Waals surface area contributed by atoms with Gasteiger partial charge in [-0.25, -0.2) is 9.59 Å². The average Bonchev–Trinajstić information content (AvgIpc) is 2.77. The van der Waals surface area contributed by atoms with Crippen molar-refractivity contribution in [3.8, 4) is 0 Å². The molecule has 0 heterocycles. The van der Waals surface area contributed by atoms with Crippen molar-refractivity contribution in [2.24, 2.45) is 11.8 Å². The van der Waals surface area contributed by atoms with Gasteiger partial charge in [-0.05, 0) is 36.8 Å². The van der Waals surface area contributed by atoms with E-state index in [0.29, 0.717) is 0 Å². The van der Waals surface area contributed by atoms with Crippen LogP contribution in [0.2, 0.25) is 0 Å². The van der Waals surface area contributed by atoms with Crippen molar-refractivity contribution in [2.75, 3.05) is 0 Å². The van der Waals surface area contributed by atoms with Crippen LogP contribution in [0.1, 0.15) is 132 Å². The van der Waals surface area contributed by atoms with E-state index in [2.05, 4.69) is 27.7 Å². The second kappa shape index (κ2) is 16.7. The number of hydrogen-bond donors (Lipinski definition) is 1. The van der Waals surface area contributed by atoms with Gasteiger partial charge in [0, 0.05) is 0 Å². The third-order valence-electron chi connectivity index (χ3n) is 6.43. The second-order valence-electron chi connectivity index (χ2n) is 9.69. The topological polar surface area (TPSA) is 63.6 Å². The van der Waals surface area contributed by atoms with Gasteiger partial charge < -0.3 is 9.84 Å². The van der Waals surface area contributed by atoms with Crippen molar-refractivity contribution in [2.45, 2.75) is 117 Å². The smallest absolute Gasteiger partial charge is 0.339 e. The summed E-state index contributed by atoms with van der Waals surface area (Å²) in [5.41, 5.74) is 0.137. The molecule has 0 radical (unpaired) electrons. The number of benzene rings is 1. The van der Waals surface area contributed by atoms with E-state index in [1.54, 1.807) is 12.1 Å². The predicted molar refractivity (Wildman–Crippen MR) is 132 cm³/mol. The predicted octanol–water partition coefficient (Wildman–Crippen LogP) is 8.29. The third kappa shape index (κ3) is 11.7. The van der Waals surface area contributed by atoms with Gasteiger partial charge >= 0.3 is 11.9 Å². The van der Waals surface area contributed by atoms with E-state index in [1.807, 2.05) is 0 Å². The first-order valence-electron chi connectivity index (χ1n) is 12.9. The van der Waals surface area contributed by atoms with Crippen molar-refractivity contribution < 1.29 is 19.4 Å². The van der Waals surface area contributed by atoms with E-state index in [9.17, 15) is 14.7 Å². The molecule has 4 heteroatoms. The lowest BCUT2D eigenvalue weighted by atomic mass is 9.95. The molecule has 0 saturated carbocycles. The standard InChI is InChI=1S/C28H46O4/c1-5-23(4)26(32-28(31)25-20-17-16-19-24(25)27(29)30)21-15-13-11-9-7-6-8-10-12-14-18-22(2)3/h16-17,19-20,22-23,26H,5-15,18,21H2,1-4H3,(H,29,30). The van der Waals surface area contributed by atoms with Gasteiger partial charge in [0.1, 0.15) is 6.10 Å². The summed E-state index contributed by atoms with van der Waals surface area (Å²) in [6.45, 7) is 8.79. The summed E-state index contributed by atoms with van der Waals surface area (Å²) < 4.78 is 5.78. The zero-order chi connectivity index (χ0) is 23.8. The van der Waals surface area contributed by atoms with Gasteiger partial charge in [0.25, 0.3) is 0 Å². The molecule has 32 heavy (non-hydrogen) atoms. The fourth-order valence-electron chi connectivity index (χ4n) is 4.08. The van der Waals surface area contributed by atoms with Crippen LogP contribution in [0.4, 0.5) is 0 Å². The first-order chi connectivity index (χ1) is 15.4. The summed E-state index contributed by atoms with van der Waals surface area (Å²) in [7, 11) is 0. The summed E-state index contributed by atoms with van der Waals surface area (Å²) in [6.07, 6.45) is 15.8. The van der Waals surface area contributed by atoms with Crippen molar-refractivity contribution in [1.29, 1.82) is 0 Å². The second-order valence-corrected chi connectivity index (χ2v) is 9.69. The molecule has 0 amide bonds. The normalized spacial score (nSPS) is 13.2. The molecule has 0 aliphatic carbocycles. The van der Waals surface area contributed by atoms with E-state index in [1.165, 1.54) is 69.9 Å². The lowest BCUT2D eigenvalue weighted by Crippen LogP contribution is -2.26. The average molecular weight is 447 g/mol. The van der Waals surface area contributed by atoms with Gasteiger partial charge in [-0.3, -0.25) is 0 Å². The van der Waals surface area contributed by atoms with E-state index in [0.717, 1.165) is 31.6 Å². The number of aromatic carboxylic acids is 1. The number of hydrogen-bond acceptors (Lipinski definition) is 3. The number of carbonyl (C=O) groups excluding carboxylic acids is 1. The van der Waals surface area contributed by atoms with E-state index >= 15 is 0 Å². The maximum absolute atomic E-state index is 12.6. The zero-order valence-corrected chi connectivity index (χ0v) is 20.9. The van der Waals surface area contributed by atoms with Crippen LogP contribution in [0.5, 0.6) is 0 Å². The zero-order valence-electron chi connectivity index (χ0n) is 20.9. The largest absolute Gasteiger partial charge is 0.478 e. The van der Waals surface area contributed by atoms with Crippen molar-refractivity contribution in [1.82, 2.24) is 0 Å². The third-order valence-corrected chi connectivity index (χ3v) is 6.43. The number of carbonyl (C=O) groups is 2. The van der Waals surface area contributed by atoms with Crippen LogP contribution in [-0.2, 0) is 4.74 Å². The fraction of sp³-hybridized carbons (Fsp3) is 0.714. The van der Waals surface area contributed by atoms with Crippen molar-refractivity contribution in [3.63, 3.8) is 0 Å². The van der Waals surface area contributed by atoms with Gasteiger partial charge in [0.15, 0.2) is 0 Å². The van der Waals surface area contributed by atoms with Gasteiger partial charge in [-0.2, -0.15) is 0 Å². The molecule has 2 unspecified atom stereocenters. The maximum atomic E-state index is 12.6. The highest BCUT2D eigenvalue weighted by molar-refractivity contribution is 6.02. The molecule has 0 aliphatic heterocycles. The van der Waals surface area contributed by atoms with Crippen LogP contribution in [-0.4, -0.2) is 23.1 Å². The molecule has 182 valence electrons. The molecular formula is C28H46O4. The Hall–Kier alpha value is -1.84. The number of esters is 1. The van der Waals surface area contributed by atoms with Crippen LogP contribution in [0, 0.1) is 11.8 Å². The molecule has 0 aromatic heterocycles. The Bertz CT molecular complexity index is 653. The number of carboxylic acid groups (broad SMARTS) is 1. The Kier molecular flexibility index (Phi) is 14.8. The summed E-state index contributed by atoms with van der Waals surface area (Å²) >= 11 is 0. The van der Waals surface area contributed by atoms with Gasteiger partial charge in [-0.1, -0.05) is 110 Å². The first kappa shape index (κ1) is 28.2. The molecule has 2 atom stereocenters. The minimum absolute atomic E-state index is 0.000299. The molecule has 1 aromatic carbocycles. The van der Waals surface area contributed by atoms with Crippen LogP contribution in [0.25, 0.3) is 0 Å². The van der Waals surface area contributed by atoms with Crippen LogP contribution >= 0.6 is 0 Å². The molecule has 1 N–H and O–H groups in total. The van der Waals surface area contributed by atoms with E-state index in [4.69, 9.17) is 4.74 Å². The van der Waals surface area contributed by atoms with Gasteiger partial charge in [0.05, 0.1) is 11.1 Å². The van der Waals surface area contributed by atoms with Crippen molar-refractivity contribution >= 4 is 11.9 Å². The molecule has 0 aliphatic rings. The van der Waals surface area contributed by atoms with Crippen LogP contribution in [0.3, 0.4) is 0 Å². The lowest BCUT2D eigenvalue weighted by molar-refractivity contribution is 0.0119. The number of unbranched alkanes of at least 4 members (excludes halogenated alkanes) is 9. The summed E-state index contributed by atoms with van der Waals surface area (Å²) in [5, 5.41) is 9.33. The minimum atomic E-state index is -1.10. The Morgan fingerprint density at radius 3 is 1.72 bits per heavy atom. The Labute approximate surface area is 196 Å². The van der Waals surface area contributed by atoms with Gasteiger partial charge in [0.2, 0.25) is 0 Å². The fourth-order valence-corrected chi connectivity index (χ4v) is 4.08. The molecule has 1 rings (SSSR count). The highest BCUT2D eigenvalue weighted by Crippen LogP contribution is 2.22. The lowest BCUT2D eigenvalue weighted by Gasteiger charge is -2.23. The molecule has 0 spiro atoms. The monoisotopic (exact) mass is 446 g/mol. The summed E-state index contributed by atoms with van der Waals surface area (Å²) in [4.78, 5) is 24.1. The number of carboxylic acids is 1. The highest BCUT2D eigenvalue weighted by atomic mass is 16.5. The molecule has 0 bridgehead atoms. The van der Waals surface area contributed by atoms with E-state index in [-0.39, 0.29) is 23.1 Å². The van der Waals surface area contributed by atoms with Crippen molar-refractivity contribution in [3.05, 3.63) is 35.4 Å². The van der Waals surface area contributed by atoms with Crippen LogP contribution in [0.15, 0.2) is 24.3 Å². The molecular weight excluding hydrogens is 400 g/mol. The molecule has 1 aromatic rings. The Morgan fingerprint density at radius 2 is 1.25 bits per heavy atom. The van der Waals surface area contributed by atoms with E-state index < -0.39 is 11.9 Å². The number of rotatable bonds is 18. The quantitative estimate of drug-likeness (QED) is 0.182. The molecule has 4 nitrogen and oxygen atoms in total. The first-order valence-corrected chi connectivity index (χ1v) is 12.9. The Balaban J connectivity index is 2.28. The highest BCUT2D eigenvalue weighted by Gasteiger charge is 2.24. The van der Waals surface area contributed by atoms with Gasteiger partial charge in [-0.15, -0.1) is 0 Å². The molecule has 0 saturated heterocycles. The minimum Gasteiger partial charge on any atom is -0.478 e. The number of ether oxygens (including phenoxy) is 1. The molecule has 0 fully saturated rings. The summed E-state index contributed by atoms with van der Waals surface area (Å²) in [5.74, 6) is -0.541. The summed E-state index contributed by atoms with van der Waals surface area (Å²) in [6, 6.07) is 6.28. The Morgan fingerprint density at radius 1 is 0.781 bits per heavy atom. The SMILES string of the molecule is CCC(C)C(CCCCCCCCCCCCC(C)C)OC(=O)c1ccccc1C(=O)O. The van der Waals surface area contributed by atoms with Crippen LogP contribution < -0.4 is 0 Å². The maximum Gasteiger partial charge on any atom is 0.339 e.